The summed E-state index contributed by atoms with van der Waals surface area (Å²) in [5.41, 5.74) is 0. The third-order valence-corrected chi connectivity index (χ3v) is 4.64. The Kier molecular flexibility index (Phi) is 4.49. The highest BCUT2D eigenvalue weighted by Gasteiger charge is 2.29. The van der Waals surface area contributed by atoms with Crippen molar-refractivity contribution in [3.8, 4) is 0 Å². The fraction of sp³-hybridized carbons (Fsp3) is 0.929. The first-order chi connectivity index (χ1) is 8.58. The van der Waals surface area contributed by atoms with Gasteiger partial charge in [-0.1, -0.05) is 6.42 Å². The number of amides is 2. The SMILES string of the molecule is CC(O)C1CCCN(C(=O)NC(C)C2CCC2)C1. The van der Waals surface area contributed by atoms with Crippen molar-refractivity contribution in [3.63, 3.8) is 0 Å². The monoisotopic (exact) mass is 254 g/mol. The van der Waals surface area contributed by atoms with Crippen LogP contribution in [0.2, 0.25) is 0 Å². The Morgan fingerprint density at radius 1 is 1.22 bits per heavy atom. The molecule has 0 bridgehead atoms. The maximum Gasteiger partial charge on any atom is 0.317 e. The van der Waals surface area contributed by atoms with Crippen molar-refractivity contribution in [1.29, 1.82) is 0 Å². The van der Waals surface area contributed by atoms with Crippen molar-refractivity contribution in [1.82, 2.24) is 10.2 Å². The van der Waals surface area contributed by atoms with E-state index in [-0.39, 0.29) is 24.1 Å². The summed E-state index contributed by atoms with van der Waals surface area (Å²) in [6.07, 6.45) is 5.51. The Hall–Kier alpha value is -0.770. The summed E-state index contributed by atoms with van der Waals surface area (Å²) in [6.45, 7) is 5.45. The molecule has 0 aromatic heterocycles. The fourth-order valence-electron chi connectivity index (χ4n) is 2.93. The number of aliphatic hydroxyl groups is 1. The first-order valence-corrected chi connectivity index (χ1v) is 7.31. The van der Waals surface area contributed by atoms with Gasteiger partial charge < -0.3 is 15.3 Å². The van der Waals surface area contributed by atoms with Crippen LogP contribution in [0.1, 0.15) is 46.0 Å². The summed E-state index contributed by atoms with van der Waals surface area (Å²) in [5.74, 6) is 0.912. The van der Waals surface area contributed by atoms with Crippen molar-refractivity contribution >= 4 is 6.03 Å². The molecule has 1 saturated carbocycles. The van der Waals surface area contributed by atoms with Crippen LogP contribution in [-0.2, 0) is 0 Å². The van der Waals surface area contributed by atoms with Crippen molar-refractivity contribution < 1.29 is 9.90 Å². The van der Waals surface area contributed by atoms with Crippen LogP contribution in [0.25, 0.3) is 0 Å². The number of rotatable bonds is 3. The number of urea groups is 1. The van der Waals surface area contributed by atoms with Crippen LogP contribution in [-0.4, -0.2) is 41.3 Å². The van der Waals surface area contributed by atoms with E-state index >= 15 is 0 Å². The van der Waals surface area contributed by atoms with Gasteiger partial charge in [-0.25, -0.2) is 4.79 Å². The molecule has 4 heteroatoms. The number of aliphatic hydroxyl groups excluding tert-OH is 1. The molecule has 1 heterocycles. The van der Waals surface area contributed by atoms with Crippen molar-refractivity contribution in [3.05, 3.63) is 0 Å². The zero-order valence-electron chi connectivity index (χ0n) is 11.6. The van der Waals surface area contributed by atoms with Gasteiger partial charge in [0.15, 0.2) is 0 Å². The Labute approximate surface area is 110 Å². The van der Waals surface area contributed by atoms with Crippen LogP contribution in [0.3, 0.4) is 0 Å². The van der Waals surface area contributed by atoms with Crippen LogP contribution < -0.4 is 5.32 Å². The summed E-state index contributed by atoms with van der Waals surface area (Å²) < 4.78 is 0. The van der Waals surface area contributed by atoms with Crippen LogP contribution in [0.15, 0.2) is 0 Å². The zero-order chi connectivity index (χ0) is 13.1. The topological polar surface area (TPSA) is 52.6 Å². The summed E-state index contributed by atoms with van der Waals surface area (Å²) >= 11 is 0. The molecule has 0 aromatic rings. The minimum Gasteiger partial charge on any atom is -0.393 e. The van der Waals surface area contributed by atoms with E-state index in [4.69, 9.17) is 0 Å². The molecule has 0 radical (unpaired) electrons. The van der Waals surface area contributed by atoms with Gasteiger partial charge in [-0.15, -0.1) is 0 Å². The highest BCUT2D eigenvalue weighted by atomic mass is 16.3. The molecule has 2 fully saturated rings. The Balaban J connectivity index is 1.80. The van der Waals surface area contributed by atoms with Crippen molar-refractivity contribution in [2.45, 2.75) is 58.1 Å². The third-order valence-electron chi connectivity index (χ3n) is 4.64. The molecule has 1 saturated heterocycles. The highest BCUT2D eigenvalue weighted by molar-refractivity contribution is 5.74. The van der Waals surface area contributed by atoms with Gasteiger partial charge in [-0.05, 0) is 45.4 Å². The normalized spacial score (nSPS) is 28.4. The van der Waals surface area contributed by atoms with Crippen LogP contribution in [0.5, 0.6) is 0 Å². The lowest BCUT2D eigenvalue weighted by Crippen LogP contribution is -2.51. The quantitative estimate of drug-likeness (QED) is 0.809. The molecule has 1 aliphatic heterocycles. The largest absolute Gasteiger partial charge is 0.393 e. The number of carbonyl (C=O) groups excluding carboxylic acids is 1. The van der Waals surface area contributed by atoms with E-state index in [1.807, 2.05) is 11.8 Å². The molecule has 2 amide bonds. The minimum absolute atomic E-state index is 0.0553. The molecule has 2 N–H and O–H groups in total. The van der Waals surface area contributed by atoms with Gasteiger partial charge in [0.25, 0.3) is 0 Å². The molecular weight excluding hydrogens is 228 g/mol. The zero-order valence-corrected chi connectivity index (χ0v) is 11.6. The van der Waals surface area contributed by atoms with Crippen LogP contribution in [0.4, 0.5) is 4.79 Å². The lowest BCUT2D eigenvalue weighted by atomic mass is 9.80. The number of hydrogen-bond donors (Lipinski definition) is 2. The average molecular weight is 254 g/mol. The van der Waals surface area contributed by atoms with E-state index < -0.39 is 0 Å². The predicted molar refractivity (Wildman–Crippen MR) is 71.3 cm³/mol. The maximum absolute atomic E-state index is 12.2. The number of piperidine rings is 1. The molecule has 4 nitrogen and oxygen atoms in total. The van der Waals surface area contributed by atoms with E-state index in [2.05, 4.69) is 12.2 Å². The van der Waals surface area contributed by atoms with Crippen LogP contribution in [0, 0.1) is 11.8 Å². The second-order valence-corrected chi connectivity index (χ2v) is 6.02. The van der Waals surface area contributed by atoms with Gasteiger partial charge >= 0.3 is 6.03 Å². The molecule has 104 valence electrons. The fourth-order valence-corrected chi connectivity index (χ4v) is 2.93. The Bertz CT molecular complexity index is 290. The van der Waals surface area contributed by atoms with Gasteiger partial charge in [0.2, 0.25) is 0 Å². The molecule has 1 aliphatic carbocycles. The van der Waals surface area contributed by atoms with Gasteiger partial charge in [0, 0.05) is 25.0 Å². The number of nitrogens with zero attached hydrogens (tertiary/aromatic N) is 1. The standard InChI is InChI=1S/C14H26N2O2/c1-10(12-5-3-6-12)15-14(18)16-8-4-7-13(9-16)11(2)17/h10-13,17H,3-9H2,1-2H3,(H,15,18). The molecule has 18 heavy (non-hydrogen) atoms. The second kappa shape index (κ2) is 5.91. The van der Waals surface area contributed by atoms with E-state index in [0.717, 1.165) is 19.4 Å². The average Bonchev–Trinajstić information content (AvgIpc) is 2.26. The lowest BCUT2D eigenvalue weighted by Gasteiger charge is -2.37. The molecule has 3 unspecified atom stereocenters. The molecule has 3 atom stereocenters. The van der Waals surface area contributed by atoms with E-state index in [0.29, 0.717) is 12.5 Å². The maximum atomic E-state index is 12.2. The number of hydrogen-bond acceptors (Lipinski definition) is 2. The first-order valence-electron chi connectivity index (χ1n) is 7.31. The molecule has 0 aromatic carbocycles. The van der Waals surface area contributed by atoms with E-state index in [1.54, 1.807) is 0 Å². The van der Waals surface area contributed by atoms with Gasteiger partial charge in [0.05, 0.1) is 6.10 Å². The summed E-state index contributed by atoms with van der Waals surface area (Å²) in [6, 6.07) is 0.345. The molecule has 2 aliphatic rings. The van der Waals surface area contributed by atoms with E-state index in [1.165, 1.54) is 19.3 Å². The Morgan fingerprint density at radius 3 is 2.44 bits per heavy atom. The van der Waals surface area contributed by atoms with Gasteiger partial charge in [-0.2, -0.15) is 0 Å². The number of likely N-dealkylation sites (tertiary alicyclic amines) is 1. The minimum atomic E-state index is -0.315. The highest BCUT2D eigenvalue weighted by Crippen LogP contribution is 2.29. The van der Waals surface area contributed by atoms with Crippen molar-refractivity contribution in [2.75, 3.05) is 13.1 Å². The first kappa shape index (κ1) is 13.7. The summed E-state index contributed by atoms with van der Waals surface area (Å²) in [5, 5.41) is 12.8. The number of carbonyl (C=O) groups is 1. The van der Waals surface area contributed by atoms with Crippen molar-refractivity contribution in [2.24, 2.45) is 11.8 Å². The van der Waals surface area contributed by atoms with E-state index in [9.17, 15) is 9.90 Å². The van der Waals surface area contributed by atoms with Gasteiger partial charge in [0.1, 0.15) is 0 Å². The summed E-state index contributed by atoms with van der Waals surface area (Å²) in [4.78, 5) is 14.0. The third kappa shape index (κ3) is 3.16. The predicted octanol–water partition coefficient (Wildman–Crippen LogP) is 1.98. The smallest absolute Gasteiger partial charge is 0.317 e. The number of nitrogens with one attached hydrogen (secondary N) is 1. The molecular formula is C14H26N2O2. The summed E-state index contributed by atoms with van der Waals surface area (Å²) in [7, 11) is 0. The Morgan fingerprint density at radius 2 is 1.89 bits per heavy atom. The molecule has 0 spiro atoms. The molecule has 2 rings (SSSR count). The lowest BCUT2D eigenvalue weighted by molar-refractivity contribution is 0.0723. The second-order valence-electron chi connectivity index (χ2n) is 6.02. The van der Waals surface area contributed by atoms with Gasteiger partial charge in [-0.3, -0.25) is 0 Å². The van der Waals surface area contributed by atoms with Crippen LogP contribution >= 0.6 is 0 Å².